The molecule has 40 nitrogen and oxygen atoms in total. The number of likely N-dealkylation sites (N-methyl/N-ethyl adjacent to an activating group) is 4. The molecule has 666 valence electrons. The number of aliphatic hydroxyl groups is 4. The fraction of sp³-hybridized carbons (Fsp3) is 0.481. The Morgan fingerprint density at radius 2 is 0.694 bits per heavy atom. The van der Waals surface area contributed by atoms with E-state index in [9.17, 15) is 93.6 Å². The lowest BCUT2D eigenvalue weighted by molar-refractivity contribution is -0.288. The van der Waals surface area contributed by atoms with Gasteiger partial charge in [-0.05, 0) is 80.5 Å². The Morgan fingerprint density at radius 3 is 1.00 bits per heavy atom. The zero-order chi connectivity index (χ0) is 89.8. The molecular formula is C77H97ClN4O36S3. The maximum Gasteiger partial charge on any atom is 0.313 e. The van der Waals surface area contributed by atoms with Crippen LogP contribution < -0.4 is 43.8 Å². The van der Waals surface area contributed by atoms with Crippen LogP contribution in [0, 0.1) is 0 Å². The van der Waals surface area contributed by atoms with E-state index in [1.165, 1.54) is 67.7 Å². The summed E-state index contributed by atoms with van der Waals surface area (Å²) in [4.78, 5) is 119. The summed E-state index contributed by atoms with van der Waals surface area (Å²) in [5.74, 6) is -8.26. The molecule has 0 unspecified atom stereocenters. The molecule has 8 rings (SSSR count). The summed E-state index contributed by atoms with van der Waals surface area (Å²) in [7, 11) is -0.622. The molecule has 0 aliphatic carbocycles. The van der Waals surface area contributed by atoms with Crippen molar-refractivity contribution in [1.29, 1.82) is 0 Å². The number of carbonyl (C=O) groups is 10. The Labute approximate surface area is 701 Å². The fourth-order valence-corrected chi connectivity index (χ4v) is 15.2. The van der Waals surface area contributed by atoms with Gasteiger partial charge in [0.2, 0.25) is 51.9 Å². The summed E-state index contributed by atoms with van der Waals surface area (Å²) in [6.07, 6.45) is -20.9. The van der Waals surface area contributed by atoms with Crippen molar-refractivity contribution in [3.8, 4) is 28.7 Å². The van der Waals surface area contributed by atoms with Crippen LogP contribution in [0.3, 0.4) is 0 Å². The minimum atomic E-state index is -4.29. The highest BCUT2D eigenvalue weighted by Gasteiger charge is 2.56. The normalized spacial score (nSPS) is 23.0. The molecule has 0 radical (unpaired) electrons. The number of hydrogen-bond acceptors (Lipinski definition) is 38. The molecule has 3 aliphatic heterocycles. The third-order valence-corrected chi connectivity index (χ3v) is 20.6. The number of nitrogens with one attached hydrogen (secondary N) is 4. The molecule has 5 aromatic rings. The predicted octanol–water partition coefficient (Wildman–Crippen LogP) is 0.802. The molecule has 0 aromatic heterocycles. The fourth-order valence-electron chi connectivity index (χ4n) is 12.1. The molecule has 3 saturated heterocycles. The van der Waals surface area contributed by atoms with E-state index in [-0.39, 0.29) is 57.3 Å². The van der Waals surface area contributed by atoms with Crippen LogP contribution in [0.4, 0.5) is 0 Å². The predicted molar refractivity (Wildman–Crippen MR) is 418 cm³/mol. The zero-order valence-electron chi connectivity index (χ0n) is 67.5. The Morgan fingerprint density at radius 1 is 0.388 bits per heavy atom. The molecule has 2 amide bonds. The summed E-state index contributed by atoms with van der Waals surface area (Å²) >= 11 is 0. The van der Waals surface area contributed by atoms with Crippen molar-refractivity contribution in [1.82, 2.24) is 21.3 Å². The van der Waals surface area contributed by atoms with E-state index >= 15 is 0 Å². The summed E-state index contributed by atoms with van der Waals surface area (Å²) in [6, 6.07) is 29.6. The van der Waals surface area contributed by atoms with Gasteiger partial charge in [-0.2, -0.15) is 16.8 Å². The molecule has 121 heavy (non-hydrogen) atoms. The second-order valence-corrected chi connectivity index (χ2v) is 32.8. The first kappa shape index (κ1) is 99.4. The Balaban J connectivity index is 0.000000286. The second kappa shape index (κ2) is 46.6. The van der Waals surface area contributed by atoms with Crippen LogP contribution in [-0.4, -0.2) is 257 Å². The van der Waals surface area contributed by atoms with E-state index in [1.54, 1.807) is 81.8 Å². The number of aliphatic hydroxyl groups excluding tert-OH is 4. The molecular weight excluding hydrogens is 1690 g/mol. The molecule has 44 heteroatoms. The number of para-hydroxylation sites is 3. The number of rotatable bonds is 35. The lowest BCUT2D eigenvalue weighted by atomic mass is 9.98. The standard InChI is InChI=1S/C32H40N2O14S.C24H32N2O10S.C21H25ClO12S/c1-18(35)42-16-27-28(43-19(2)36)29(44-20(3)37)30(45-21(4)38)32(47-27)46-26-10-8-7-9-23(26)17-49(40,41)48-24-13-11-22(12-14-24)15-25(33-5)31(39)34-6;1-25-17(23(31)26-2)11-14-7-9-16(10-8-14)36-37(32,33)13-15-5-3-4-6-18(15)34-24-22(30)21(29)20(28)19(12-27)35-24;1-11(23)29-9-17-18(30-12(2)24)19(31-13(3)25)20(32-14(4)26)21(34-17)33-16-8-6-5-7-15(16)10-35(22,27)28/h7-14,25,27-30,32-33H,15-17H2,1-6H3,(H,34,39);3-10,17,19-22,24-25,27-30H,11-13H2,1-2H3,(H,26,31);5-8,17-21H,9-10H2,1-4H3/t25-,27+,28-,29-,30+,32+;17-,19+,20-,21-,22+,24+;17-,18+,19+,20-,21-/m001/s1. The number of halogens is 1. The van der Waals surface area contributed by atoms with Gasteiger partial charge in [0.1, 0.15) is 90.1 Å². The number of benzene rings is 5. The Kier molecular flexibility index (Phi) is 38.2. The topological polar surface area (TPSA) is 550 Å². The lowest BCUT2D eigenvalue weighted by Crippen LogP contribution is -2.63. The van der Waals surface area contributed by atoms with Gasteiger partial charge in [-0.25, -0.2) is 8.42 Å². The van der Waals surface area contributed by atoms with Crippen molar-refractivity contribution in [2.24, 2.45) is 0 Å². The van der Waals surface area contributed by atoms with Crippen LogP contribution in [0.1, 0.15) is 83.2 Å². The average molecular weight is 1790 g/mol. The smallest absolute Gasteiger partial charge is 0.313 e. The van der Waals surface area contributed by atoms with Gasteiger partial charge in [0, 0.05) is 96.9 Å². The van der Waals surface area contributed by atoms with Gasteiger partial charge in [-0.1, -0.05) is 78.9 Å². The molecule has 0 bridgehead atoms. The highest BCUT2D eigenvalue weighted by molar-refractivity contribution is 8.13. The summed E-state index contributed by atoms with van der Waals surface area (Å²) < 4.78 is 163. The van der Waals surface area contributed by atoms with E-state index < -0.39 is 218 Å². The van der Waals surface area contributed by atoms with Gasteiger partial charge in [0.25, 0.3) is 0 Å². The van der Waals surface area contributed by atoms with Gasteiger partial charge >= 0.3 is 68.0 Å². The summed E-state index contributed by atoms with van der Waals surface area (Å²) in [5.41, 5.74) is 2.03. The van der Waals surface area contributed by atoms with Crippen molar-refractivity contribution >= 4 is 99.5 Å². The largest absolute Gasteiger partial charge is 0.463 e. The monoisotopic (exact) mass is 1780 g/mol. The number of hydrogen-bond donors (Lipinski definition) is 8. The summed E-state index contributed by atoms with van der Waals surface area (Å²) in [6.45, 7) is 7.28. The number of esters is 8. The van der Waals surface area contributed by atoms with E-state index in [1.807, 2.05) is 0 Å². The van der Waals surface area contributed by atoms with Crippen LogP contribution >= 0.6 is 10.7 Å². The first-order valence-corrected chi connectivity index (χ1v) is 42.5. The molecule has 8 N–H and O–H groups in total. The van der Waals surface area contributed by atoms with E-state index in [2.05, 4.69) is 21.3 Å². The van der Waals surface area contributed by atoms with Gasteiger partial charge in [-0.15, -0.1) is 0 Å². The minimum absolute atomic E-state index is 0.0117. The van der Waals surface area contributed by atoms with Gasteiger partial charge in [-0.3, -0.25) is 47.9 Å². The lowest BCUT2D eigenvalue weighted by Gasteiger charge is -2.44. The Hall–Kier alpha value is -10.4. The SMILES string of the molecule is CC(=O)OC[C@H]1O[C@@H](Oc2ccccc2CS(=O)(=O)Cl)[C@H](OC(C)=O)[C@@H](OC(C)=O)[C@H]1OC(C)=O.CNC(=O)[C@H](Cc1ccc(OS(=O)(=O)Cc2ccccc2O[C@@H]2O[C@H](CO)[C@H](O)[C@H](O)[C@H]2O)cc1)NC.CNC(=O)[C@H](Cc1ccc(OS(=O)(=O)Cc2ccccc2O[C@@H]2O[C@H](COC(C)=O)[C@H](OC(C)=O)[C@H](OC(C)=O)[C@H]2OC(C)=O)cc1)NC. The molecule has 5 aromatic carbocycles. The molecule has 0 saturated carbocycles. The summed E-state index contributed by atoms with van der Waals surface area (Å²) in [5, 5.41) is 50.5. The van der Waals surface area contributed by atoms with Gasteiger partial charge in [0.05, 0.1) is 24.4 Å². The van der Waals surface area contributed by atoms with Crippen LogP contribution in [0.15, 0.2) is 121 Å². The van der Waals surface area contributed by atoms with Crippen LogP contribution in [0.5, 0.6) is 28.7 Å². The van der Waals surface area contributed by atoms with Gasteiger partial charge in [0.15, 0.2) is 24.4 Å². The highest BCUT2D eigenvalue weighted by Crippen LogP contribution is 2.37. The third kappa shape index (κ3) is 31.8. The van der Waals surface area contributed by atoms with E-state index in [4.69, 9.17) is 85.4 Å². The van der Waals surface area contributed by atoms with Crippen molar-refractivity contribution in [3.05, 3.63) is 149 Å². The molecule has 17 atom stereocenters. The quantitative estimate of drug-likeness (QED) is 0.0120. The maximum atomic E-state index is 13.2. The van der Waals surface area contributed by atoms with E-state index in [0.29, 0.717) is 12.8 Å². The number of amides is 2. The maximum absolute atomic E-state index is 13.2. The van der Waals surface area contributed by atoms with Crippen LogP contribution in [0.25, 0.3) is 0 Å². The van der Waals surface area contributed by atoms with Crippen LogP contribution in [-0.2, 0) is 159 Å². The number of carbonyl (C=O) groups excluding carboxylic acids is 10. The second-order valence-electron chi connectivity index (χ2n) is 26.9. The highest BCUT2D eigenvalue weighted by atomic mass is 35.7. The first-order valence-electron chi connectivity index (χ1n) is 36.8. The van der Waals surface area contributed by atoms with Crippen molar-refractivity contribution in [3.63, 3.8) is 0 Å². The van der Waals surface area contributed by atoms with Crippen molar-refractivity contribution in [2.45, 2.75) is 190 Å². The molecule has 3 aliphatic rings. The van der Waals surface area contributed by atoms with Crippen LogP contribution in [0.2, 0.25) is 0 Å². The van der Waals surface area contributed by atoms with E-state index in [0.717, 1.165) is 66.5 Å². The molecule has 0 spiro atoms. The third-order valence-electron chi connectivity index (χ3n) is 17.4. The van der Waals surface area contributed by atoms with Gasteiger partial charge < -0.3 is 116 Å². The molecule has 3 fully saturated rings. The Bertz CT molecular complexity index is 4720. The molecule has 3 heterocycles. The zero-order valence-corrected chi connectivity index (χ0v) is 70.7. The van der Waals surface area contributed by atoms with Crippen molar-refractivity contribution < 1.29 is 168 Å². The minimum Gasteiger partial charge on any atom is -0.463 e. The van der Waals surface area contributed by atoms with Crippen molar-refractivity contribution in [2.75, 3.05) is 48.0 Å². The number of ether oxygens (including phenoxy) is 14. The first-order chi connectivity index (χ1) is 57.0. The average Bonchev–Trinajstić information content (AvgIpc) is 0.780.